The quantitative estimate of drug-likeness (QED) is 0.356. The van der Waals surface area contributed by atoms with Crippen molar-refractivity contribution in [1.29, 1.82) is 0 Å². The van der Waals surface area contributed by atoms with Gasteiger partial charge in [-0.3, -0.25) is 9.59 Å². The average molecular weight is 556 g/mol. The maximum Gasteiger partial charge on any atom is 0.241 e. The van der Waals surface area contributed by atoms with Crippen LogP contribution in [0.15, 0.2) is 53.4 Å². The van der Waals surface area contributed by atoms with Gasteiger partial charge in [-0.2, -0.15) is 4.72 Å². The van der Waals surface area contributed by atoms with Crippen molar-refractivity contribution in [3.63, 3.8) is 0 Å². The Morgan fingerprint density at radius 3 is 2.44 bits per heavy atom. The summed E-state index contributed by atoms with van der Waals surface area (Å²) in [4.78, 5) is 27.5. The lowest BCUT2D eigenvalue weighted by Gasteiger charge is -2.39. The van der Waals surface area contributed by atoms with E-state index in [1.165, 1.54) is 11.6 Å². The van der Waals surface area contributed by atoms with Crippen LogP contribution in [0, 0.1) is 11.8 Å². The van der Waals surface area contributed by atoms with Crippen LogP contribution in [0.1, 0.15) is 51.5 Å². The molecule has 0 saturated carbocycles. The molecule has 0 radical (unpaired) electrons. The van der Waals surface area contributed by atoms with Gasteiger partial charge in [-0.1, -0.05) is 44.2 Å². The maximum atomic E-state index is 13.3. The number of anilines is 2. The van der Waals surface area contributed by atoms with Crippen LogP contribution >= 0.6 is 0 Å². The molecule has 4 rings (SSSR count). The summed E-state index contributed by atoms with van der Waals surface area (Å²) in [6.07, 6.45) is 5.46. The van der Waals surface area contributed by atoms with E-state index in [0.717, 1.165) is 63.8 Å². The fourth-order valence-electron chi connectivity index (χ4n) is 5.53. The number of benzene rings is 2. The van der Waals surface area contributed by atoms with Crippen LogP contribution in [0.4, 0.5) is 11.4 Å². The minimum absolute atomic E-state index is 0.0182. The fraction of sp³-hybridized carbons (Fsp3) is 0.517. The molecule has 2 aromatic carbocycles. The van der Waals surface area contributed by atoms with E-state index in [4.69, 9.17) is 5.73 Å². The molecule has 2 aliphatic rings. The number of piperidine rings is 2. The summed E-state index contributed by atoms with van der Waals surface area (Å²) in [5, 5.41) is 6.36. The highest BCUT2D eigenvalue weighted by atomic mass is 32.2. The van der Waals surface area contributed by atoms with Gasteiger partial charge in [0.15, 0.2) is 0 Å². The molecule has 2 unspecified atom stereocenters. The van der Waals surface area contributed by atoms with Crippen molar-refractivity contribution in [3.8, 4) is 0 Å². The lowest BCUT2D eigenvalue weighted by Crippen LogP contribution is -2.47. The van der Waals surface area contributed by atoms with E-state index >= 15 is 0 Å². The van der Waals surface area contributed by atoms with Crippen LogP contribution < -0.4 is 26.0 Å². The molecule has 2 amide bonds. The minimum Gasteiger partial charge on any atom is -0.368 e. The van der Waals surface area contributed by atoms with Crippen LogP contribution in [0.3, 0.4) is 0 Å². The molecule has 10 heteroatoms. The molecule has 0 spiro atoms. The maximum absolute atomic E-state index is 13.3. The number of nitrogens with zero attached hydrogens (tertiary/aromatic N) is 1. The number of carbonyl (C=O) groups excluding carboxylic acids is 2. The molecule has 0 aliphatic carbocycles. The molecule has 2 saturated heterocycles. The van der Waals surface area contributed by atoms with Crippen molar-refractivity contribution in [2.75, 3.05) is 29.9 Å². The Kier molecular flexibility index (Phi) is 9.63. The minimum atomic E-state index is -4.07. The normalized spacial score (nSPS) is 19.6. The van der Waals surface area contributed by atoms with E-state index in [2.05, 4.69) is 32.4 Å². The van der Waals surface area contributed by atoms with Crippen molar-refractivity contribution in [2.45, 2.75) is 69.4 Å². The Bertz CT molecular complexity index is 1250. The zero-order valence-corrected chi connectivity index (χ0v) is 23.7. The highest BCUT2D eigenvalue weighted by Crippen LogP contribution is 2.35. The summed E-state index contributed by atoms with van der Waals surface area (Å²) in [7, 11) is -4.07. The van der Waals surface area contributed by atoms with Crippen LogP contribution in [0.25, 0.3) is 0 Å². The summed E-state index contributed by atoms with van der Waals surface area (Å²) in [6.45, 7) is 5.83. The Morgan fingerprint density at radius 1 is 1.05 bits per heavy atom. The molecule has 212 valence electrons. The molecule has 2 fully saturated rings. The van der Waals surface area contributed by atoms with Gasteiger partial charge in [0.1, 0.15) is 6.04 Å². The topological polar surface area (TPSA) is 134 Å². The molecular formula is C29H41N5O4S. The Balaban J connectivity index is 1.69. The van der Waals surface area contributed by atoms with E-state index in [0.29, 0.717) is 5.69 Å². The first-order valence-corrected chi connectivity index (χ1v) is 15.4. The van der Waals surface area contributed by atoms with Crippen molar-refractivity contribution < 1.29 is 18.0 Å². The number of amides is 2. The number of primary amides is 1. The first-order valence-electron chi connectivity index (χ1n) is 13.9. The predicted molar refractivity (Wildman–Crippen MR) is 154 cm³/mol. The van der Waals surface area contributed by atoms with Gasteiger partial charge < -0.3 is 21.3 Å². The fourth-order valence-corrected chi connectivity index (χ4v) is 6.90. The summed E-state index contributed by atoms with van der Waals surface area (Å²) < 4.78 is 29.1. The molecule has 9 nitrogen and oxygen atoms in total. The van der Waals surface area contributed by atoms with Gasteiger partial charge in [-0.05, 0) is 81.3 Å². The van der Waals surface area contributed by atoms with Gasteiger partial charge in [0.2, 0.25) is 21.8 Å². The largest absolute Gasteiger partial charge is 0.368 e. The van der Waals surface area contributed by atoms with Crippen molar-refractivity contribution in [3.05, 3.63) is 54.1 Å². The molecule has 2 atom stereocenters. The Morgan fingerprint density at radius 2 is 1.77 bits per heavy atom. The monoisotopic (exact) mass is 555 g/mol. The second kappa shape index (κ2) is 12.9. The third-order valence-corrected chi connectivity index (χ3v) is 9.19. The van der Waals surface area contributed by atoms with Crippen molar-refractivity contribution in [1.82, 2.24) is 10.0 Å². The number of nitrogens with two attached hydrogens (primary N) is 1. The van der Waals surface area contributed by atoms with Gasteiger partial charge in [0.05, 0.1) is 16.3 Å². The highest BCUT2D eigenvalue weighted by Gasteiger charge is 2.30. The first-order chi connectivity index (χ1) is 18.7. The Hall–Kier alpha value is -2.95. The molecular weight excluding hydrogens is 514 g/mol. The molecule has 0 aromatic heterocycles. The average Bonchev–Trinajstić information content (AvgIpc) is 2.93. The van der Waals surface area contributed by atoms with Gasteiger partial charge in [-0.15, -0.1) is 0 Å². The second-order valence-corrected chi connectivity index (χ2v) is 12.7. The van der Waals surface area contributed by atoms with Crippen LogP contribution in [0.5, 0.6) is 0 Å². The smallest absolute Gasteiger partial charge is 0.241 e. The van der Waals surface area contributed by atoms with Crippen LogP contribution in [0.2, 0.25) is 0 Å². The summed E-state index contributed by atoms with van der Waals surface area (Å²) in [5.41, 5.74) is 7.99. The zero-order chi connectivity index (χ0) is 28.0. The molecule has 2 aliphatic heterocycles. The number of hydrogen-bond donors (Lipinski definition) is 4. The van der Waals surface area contributed by atoms with Crippen LogP contribution in [-0.4, -0.2) is 52.0 Å². The van der Waals surface area contributed by atoms with E-state index in [-0.39, 0.29) is 28.7 Å². The molecule has 0 bridgehead atoms. The third-order valence-electron chi connectivity index (χ3n) is 7.75. The van der Waals surface area contributed by atoms with Gasteiger partial charge in [0.25, 0.3) is 0 Å². The van der Waals surface area contributed by atoms with E-state index in [9.17, 15) is 18.0 Å². The first kappa shape index (κ1) is 29.0. The van der Waals surface area contributed by atoms with Gasteiger partial charge in [0, 0.05) is 18.5 Å². The number of nitrogens with one attached hydrogen (secondary N) is 3. The summed E-state index contributed by atoms with van der Waals surface area (Å²) in [6, 6.07) is 14.4. The van der Waals surface area contributed by atoms with Crippen molar-refractivity contribution in [2.24, 2.45) is 17.6 Å². The molecule has 2 aromatic rings. The summed E-state index contributed by atoms with van der Waals surface area (Å²) >= 11 is 0. The Labute approximate surface area is 232 Å². The van der Waals surface area contributed by atoms with E-state index in [1.54, 1.807) is 26.0 Å². The van der Waals surface area contributed by atoms with E-state index < -0.39 is 22.0 Å². The van der Waals surface area contributed by atoms with Gasteiger partial charge in [-0.25, -0.2) is 8.42 Å². The molecule has 5 N–H and O–H groups in total. The summed E-state index contributed by atoms with van der Waals surface area (Å²) in [5.74, 6) is -1.29. The zero-order valence-electron chi connectivity index (χ0n) is 22.9. The second-order valence-electron chi connectivity index (χ2n) is 11.0. The van der Waals surface area contributed by atoms with Gasteiger partial charge >= 0.3 is 0 Å². The highest BCUT2D eigenvalue weighted by molar-refractivity contribution is 7.89. The standard InChI is InChI=1S/C29H41N5O4S/c1-20(2)27(28(30)35)33-39(37,38)24-11-12-26(25(19-24)32-29(36)22-13-15-31-16-14-22)34-17-7-6-10-23(34)18-21-8-4-3-5-9-21/h3-5,8-9,11-12,19-20,22-23,27,31,33H,6-7,10,13-18H2,1-2H3,(H2,30,35)(H,32,36). The van der Waals surface area contributed by atoms with E-state index in [1.807, 2.05) is 18.2 Å². The van der Waals surface area contributed by atoms with Crippen LogP contribution in [-0.2, 0) is 26.0 Å². The lowest BCUT2D eigenvalue weighted by molar-refractivity contribution is -0.121. The number of hydrogen-bond acceptors (Lipinski definition) is 6. The number of sulfonamides is 1. The molecule has 2 heterocycles. The predicted octanol–water partition coefficient (Wildman–Crippen LogP) is 3.01. The molecule has 39 heavy (non-hydrogen) atoms. The third kappa shape index (κ3) is 7.38. The number of rotatable bonds is 10. The van der Waals surface area contributed by atoms with Crippen molar-refractivity contribution >= 4 is 33.2 Å². The number of carbonyl (C=O) groups is 2. The SMILES string of the molecule is CC(C)C(NS(=O)(=O)c1ccc(N2CCCCC2Cc2ccccc2)c(NC(=O)C2CCNCC2)c1)C(N)=O. The lowest BCUT2D eigenvalue weighted by atomic mass is 9.94.